The molecule has 2 heterocycles. The van der Waals surface area contributed by atoms with Gasteiger partial charge in [-0.25, -0.2) is 5.43 Å². The predicted octanol–water partition coefficient (Wildman–Crippen LogP) is 5.65. The number of hydrogen-bond donors (Lipinski definition) is 1. The summed E-state index contributed by atoms with van der Waals surface area (Å²) in [5.41, 5.74) is 4.32. The van der Waals surface area contributed by atoms with Crippen molar-refractivity contribution in [3.8, 4) is 17.1 Å². The first-order valence-corrected chi connectivity index (χ1v) is 12.0. The van der Waals surface area contributed by atoms with E-state index in [1.54, 1.807) is 6.21 Å². The molecule has 2 aromatic carbocycles. The fourth-order valence-corrected chi connectivity index (χ4v) is 4.85. The van der Waals surface area contributed by atoms with E-state index in [1.165, 1.54) is 23.1 Å². The lowest BCUT2D eigenvalue weighted by Gasteiger charge is -2.10. The number of hydrazone groups is 1. The highest BCUT2D eigenvalue weighted by molar-refractivity contribution is 9.11. The minimum atomic E-state index is -0.233. The van der Waals surface area contributed by atoms with Gasteiger partial charge in [-0.3, -0.25) is 9.36 Å². The Morgan fingerprint density at radius 1 is 1.13 bits per heavy atom. The molecule has 0 aliphatic rings. The molecule has 0 aliphatic carbocycles. The van der Waals surface area contributed by atoms with Crippen molar-refractivity contribution >= 4 is 62.8 Å². The third kappa shape index (κ3) is 5.62. The van der Waals surface area contributed by atoms with E-state index in [1.807, 2.05) is 71.3 Å². The van der Waals surface area contributed by atoms with Crippen LogP contribution in [0.4, 0.5) is 0 Å². The third-order valence-electron chi connectivity index (χ3n) is 4.06. The second kappa shape index (κ2) is 10.2. The molecule has 6 nitrogen and oxygen atoms in total. The van der Waals surface area contributed by atoms with Crippen LogP contribution in [0.15, 0.2) is 80.8 Å². The molecule has 4 aromatic rings. The Morgan fingerprint density at radius 3 is 2.61 bits per heavy atom. The fourth-order valence-electron chi connectivity index (χ4n) is 2.69. The molecule has 156 valence electrons. The van der Waals surface area contributed by atoms with Crippen LogP contribution in [0.25, 0.3) is 17.1 Å². The number of halogens is 2. The Hall–Kier alpha value is -2.46. The number of nitrogens with zero attached hydrogens (tertiary/aromatic N) is 4. The van der Waals surface area contributed by atoms with Gasteiger partial charge in [0.25, 0.3) is 5.91 Å². The molecule has 0 spiro atoms. The van der Waals surface area contributed by atoms with Crippen LogP contribution in [-0.4, -0.2) is 32.6 Å². The fraction of sp³-hybridized carbons (Fsp3) is 0.0476. The summed E-state index contributed by atoms with van der Waals surface area (Å²) in [7, 11) is 0. The Bertz CT molecular complexity index is 1210. The molecule has 1 amide bonds. The second-order valence-corrected chi connectivity index (χ2v) is 10.1. The van der Waals surface area contributed by atoms with E-state index >= 15 is 0 Å². The molecule has 31 heavy (non-hydrogen) atoms. The van der Waals surface area contributed by atoms with Gasteiger partial charge in [-0.1, -0.05) is 53.7 Å². The molecule has 0 bridgehead atoms. The van der Waals surface area contributed by atoms with Crippen LogP contribution in [0, 0.1) is 0 Å². The number of nitrogens with one attached hydrogen (secondary N) is 1. The molecule has 0 unspecified atom stereocenters. The van der Waals surface area contributed by atoms with Gasteiger partial charge in [-0.15, -0.1) is 21.5 Å². The first-order chi connectivity index (χ1) is 15.1. The highest BCUT2D eigenvalue weighted by Gasteiger charge is 2.17. The Labute approximate surface area is 200 Å². The largest absolute Gasteiger partial charge is 0.272 e. The maximum atomic E-state index is 12.3. The summed E-state index contributed by atoms with van der Waals surface area (Å²) in [6, 6.07) is 21.0. The van der Waals surface area contributed by atoms with Gasteiger partial charge in [0.05, 0.1) is 15.8 Å². The molecule has 1 N–H and O–H groups in total. The SMILES string of the molecule is O=C(CSc1nnc(-c2ccccc2)n1-c1ccc(Cl)cc1)N/N=C/c1ccc(Br)s1. The van der Waals surface area contributed by atoms with Gasteiger partial charge >= 0.3 is 0 Å². The Balaban J connectivity index is 1.51. The van der Waals surface area contributed by atoms with Crippen LogP contribution < -0.4 is 5.43 Å². The van der Waals surface area contributed by atoms with Crippen molar-refractivity contribution in [2.45, 2.75) is 5.16 Å². The van der Waals surface area contributed by atoms with Crippen molar-refractivity contribution in [2.24, 2.45) is 5.10 Å². The number of amides is 1. The van der Waals surface area contributed by atoms with Gasteiger partial charge in [-0.05, 0) is 52.3 Å². The highest BCUT2D eigenvalue weighted by Crippen LogP contribution is 2.28. The van der Waals surface area contributed by atoms with Crippen LogP contribution in [0.3, 0.4) is 0 Å². The molecule has 0 saturated heterocycles. The zero-order chi connectivity index (χ0) is 21.6. The lowest BCUT2D eigenvalue weighted by atomic mass is 10.2. The minimum absolute atomic E-state index is 0.145. The number of hydrogen-bond acceptors (Lipinski definition) is 6. The first-order valence-electron chi connectivity index (χ1n) is 9.07. The number of rotatable bonds is 7. The predicted molar refractivity (Wildman–Crippen MR) is 130 cm³/mol. The highest BCUT2D eigenvalue weighted by atomic mass is 79.9. The van der Waals surface area contributed by atoms with Crippen molar-refractivity contribution in [1.82, 2.24) is 20.2 Å². The van der Waals surface area contributed by atoms with E-state index in [-0.39, 0.29) is 11.7 Å². The lowest BCUT2D eigenvalue weighted by molar-refractivity contribution is -0.118. The van der Waals surface area contributed by atoms with E-state index in [0.717, 1.165) is 19.9 Å². The molecule has 0 atom stereocenters. The molecule has 4 rings (SSSR count). The zero-order valence-corrected chi connectivity index (χ0v) is 19.9. The number of aromatic nitrogens is 3. The van der Waals surface area contributed by atoms with Crippen LogP contribution in [0.5, 0.6) is 0 Å². The number of thioether (sulfide) groups is 1. The number of carbonyl (C=O) groups excluding carboxylic acids is 1. The van der Waals surface area contributed by atoms with E-state index in [0.29, 0.717) is 16.0 Å². The molecule has 10 heteroatoms. The zero-order valence-electron chi connectivity index (χ0n) is 15.9. The van der Waals surface area contributed by atoms with E-state index in [2.05, 4.69) is 36.7 Å². The van der Waals surface area contributed by atoms with Crippen molar-refractivity contribution in [2.75, 3.05) is 5.75 Å². The maximum Gasteiger partial charge on any atom is 0.250 e. The van der Waals surface area contributed by atoms with Crippen LogP contribution in [0.1, 0.15) is 4.88 Å². The van der Waals surface area contributed by atoms with E-state index in [9.17, 15) is 4.79 Å². The van der Waals surface area contributed by atoms with E-state index in [4.69, 9.17) is 11.6 Å². The molecule has 0 saturated carbocycles. The van der Waals surface area contributed by atoms with Crippen LogP contribution in [0.2, 0.25) is 5.02 Å². The first kappa shape index (κ1) is 21.8. The standard InChI is InChI=1S/C21H15BrClN5OS2/c22-18-11-10-17(31-18)12-24-25-19(29)13-30-21-27-26-20(14-4-2-1-3-5-14)28(21)16-8-6-15(23)7-9-16/h1-12H,13H2,(H,25,29)/b24-12+. The third-order valence-corrected chi connectivity index (χ3v) is 6.80. The minimum Gasteiger partial charge on any atom is -0.272 e. The van der Waals surface area contributed by atoms with Crippen molar-refractivity contribution < 1.29 is 4.79 Å². The normalized spacial score (nSPS) is 11.2. The van der Waals surface area contributed by atoms with Crippen molar-refractivity contribution in [1.29, 1.82) is 0 Å². The Kier molecular flexibility index (Phi) is 7.18. The quantitative estimate of drug-likeness (QED) is 0.190. The lowest BCUT2D eigenvalue weighted by Crippen LogP contribution is -2.19. The van der Waals surface area contributed by atoms with Gasteiger partial charge in [0.1, 0.15) is 0 Å². The second-order valence-electron chi connectivity index (χ2n) is 6.21. The molecular weight excluding hydrogens is 518 g/mol. The van der Waals surface area contributed by atoms with Gasteiger partial charge in [0.2, 0.25) is 0 Å². The Morgan fingerprint density at radius 2 is 1.90 bits per heavy atom. The summed E-state index contributed by atoms with van der Waals surface area (Å²) < 4.78 is 2.92. The summed E-state index contributed by atoms with van der Waals surface area (Å²) >= 11 is 12.3. The van der Waals surface area contributed by atoms with Gasteiger partial charge in [0.15, 0.2) is 11.0 Å². The summed E-state index contributed by atoms with van der Waals surface area (Å²) in [5, 5.41) is 13.9. The van der Waals surface area contributed by atoms with Crippen LogP contribution >= 0.6 is 50.6 Å². The molecular formula is C21H15BrClN5OS2. The number of thiophene rings is 1. The summed E-state index contributed by atoms with van der Waals surface area (Å²) in [6.07, 6.45) is 1.61. The number of carbonyl (C=O) groups is 1. The average Bonchev–Trinajstić information content (AvgIpc) is 3.39. The summed E-state index contributed by atoms with van der Waals surface area (Å²) in [4.78, 5) is 13.2. The summed E-state index contributed by atoms with van der Waals surface area (Å²) in [6.45, 7) is 0. The topological polar surface area (TPSA) is 72.2 Å². The monoisotopic (exact) mass is 531 g/mol. The smallest absolute Gasteiger partial charge is 0.250 e. The van der Waals surface area contributed by atoms with Crippen molar-refractivity contribution in [3.05, 3.63) is 80.4 Å². The molecule has 0 aliphatic heterocycles. The average molecular weight is 533 g/mol. The number of benzene rings is 2. The maximum absolute atomic E-state index is 12.3. The van der Waals surface area contributed by atoms with Crippen LogP contribution in [-0.2, 0) is 4.79 Å². The molecule has 2 aromatic heterocycles. The van der Waals surface area contributed by atoms with Crippen molar-refractivity contribution in [3.63, 3.8) is 0 Å². The molecule has 0 radical (unpaired) electrons. The van der Waals surface area contributed by atoms with Gasteiger partial charge in [-0.2, -0.15) is 5.10 Å². The van der Waals surface area contributed by atoms with Gasteiger partial charge in [0, 0.05) is 21.2 Å². The van der Waals surface area contributed by atoms with Gasteiger partial charge < -0.3 is 0 Å². The summed E-state index contributed by atoms with van der Waals surface area (Å²) in [5.74, 6) is 0.599. The molecule has 0 fully saturated rings. The van der Waals surface area contributed by atoms with E-state index < -0.39 is 0 Å².